The van der Waals surface area contributed by atoms with Gasteiger partial charge in [0.2, 0.25) is 0 Å². The molecule has 1 aliphatic carbocycles. The van der Waals surface area contributed by atoms with Crippen LogP contribution in [0, 0.1) is 12.8 Å². The van der Waals surface area contributed by atoms with Crippen LogP contribution >= 0.6 is 15.9 Å². The summed E-state index contributed by atoms with van der Waals surface area (Å²) in [6.07, 6.45) is 4.13. The zero-order valence-corrected chi connectivity index (χ0v) is 10.6. The molecule has 1 fully saturated rings. The van der Waals surface area contributed by atoms with Crippen molar-refractivity contribution >= 4 is 22.2 Å². The first-order valence-corrected chi connectivity index (χ1v) is 6.07. The van der Waals surface area contributed by atoms with E-state index in [2.05, 4.69) is 21.0 Å². The Bertz CT molecular complexity index is 382. The number of halogens is 1. The largest absolute Gasteiger partial charge is 0.303 e. The summed E-state index contributed by atoms with van der Waals surface area (Å²) in [5, 5.41) is 4.38. The lowest BCUT2D eigenvalue weighted by atomic mass is 9.96. The Labute approximate surface area is 98.0 Å². The Morgan fingerprint density at radius 2 is 2.33 bits per heavy atom. The van der Waals surface area contributed by atoms with Crippen LogP contribution in [0.15, 0.2) is 4.47 Å². The first kappa shape index (κ1) is 10.9. The molecule has 1 saturated carbocycles. The Kier molecular flexibility index (Phi) is 2.96. The molecule has 0 spiro atoms. The van der Waals surface area contributed by atoms with Crippen molar-refractivity contribution in [3.05, 3.63) is 15.9 Å². The Morgan fingerprint density at radius 3 is 2.73 bits per heavy atom. The molecule has 1 aromatic heterocycles. The van der Waals surface area contributed by atoms with Crippen LogP contribution in [-0.4, -0.2) is 16.1 Å². The zero-order valence-electron chi connectivity index (χ0n) is 9.03. The first-order valence-electron chi connectivity index (χ1n) is 5.27. The summed E-state index contributed by atoms with van der Waals surface area (Å²) in [7, 11) is 1.95. The molecular weight excluding hydrogens is 256 g/mol. The molecule has 1 heterocycles. The number of rotatable bonds is 4. The van der Waals surface area contributed by atoms with Crippen LogP contribution in [0.4, 0.5) is 0 Å². The van der Waals surface area contributed by atoms with Crippen LogP contribution in [0.3, 0.4) is 0 Å². The number of aryl methyl sites for hydroxylation is 2. The lowest BCUT2D eigenvalue weighted by Crippen LogP contribution is -2.09. The van der Waals surface area contributed by atoms with E-state index in [1.807, 2.05) is 18.7 Å². The molecule has 0 N–H and O–H groups in total. The van der Waals surface area contributed by atoms with Gasteiger partial charge in [-0.2, -0.15) is 5.10 Å². The molecule has 2 rings (SSSR count). The third-order valence-corrected chi connectivity index (χ3v) is 4.06. The normalized spacial score (nSPS) is 17.8. The van der Waals surface area contributed by atoms with E-state index in [0.717, 1.165) is 16.5 Å². The molecule has 0 amide bonds. The maximum absolute atomic E-state index is 10.7. The molecule has 4 heteroatoms. The average Bonchev–Trinajstić information content (AvgIpc) is 2.96. The molecule has 1 unspecified atom stereocenters. The second kappa shape index (κ2) is 4.08. The summed E-state index contributed by atoms with van der Waals surface area (Å²) in [4.78, 5) is 10.7. The van der Waals surface area contributed by atoms with E-state index in [9.17, 15) is 4.79 Å². The molecular formula is C11H15BrN2O. The molecule has 15 heavy (non-hydrogen) atoms. The van der Waals surface area contributed by atoms with E-state index in [1.165, 1.54) is 18.5 Å². The Hall–Kier alpha value is -0.640. The van der Waals surface area contributed by atoms with Gasteiger partial charge in [0.05, 0.1) is 15.9 Å². The van der Waals surface area contributed by atoms with Crippen molar-refractivity contribution in [1.82, 2.24) is 9.78 Å². The molecule has 1 aromatic rings. The van der Waals surface area contributed by atoms with Gasteiger partial charge >= 0.3 is 0 Å². The van der Waals surface area contributed by atoms with Crippen molar-refractivity contribution in [2.45, 2.75) is 32.1 Å². The van der Waals surface area contributed by atoms with Crippen LogP contribution < -0.4 is 0 Å². The molecule has 0 bridgehead atoms. The number of nitrogens with zero attached hydrogens (tertiary/aromatic N) is 2. The summed E-state index contributed by atoms with van der Waals surface area (Å²) >= 11 is 3.57. The van der Waals surface area contributed by atoms with Gasteiger partial charge < -0.3 is 4.79 Å². The van der Waals surface area contributed by atoms with Crippen LogP contribution in [0.1, 0.15) is 36.6 Å². The molecule has 0 saturated heterocycles. The van der Waals surface area contributed by atoms with Gasteiger partial charge in [0.25, 0.3) is 0 Å². The molecule has 1 atom stereocenters. The van der Waals surface area contributed by atoms with Crippen molar-refractivity contribution in [2.75, 3.05) is 0 Å². The molecule has 0 aromatic carbocycles. The summed E-state index contributed by atoms with van der Waals surface area (Å²) in [5.74, 6) is 1.03. The summed E-state index contributed by atoms with van der Waals surface area (Å²) in [5.41, 5.74) is 2.19. The summed E-state index contributed by atoms with van der Waals surface area (Å²) in [6.45, 7) is 1.98. The highest BCUT2D eigenvalue weighted by Gasteiger charge is 2.35. The Balaban J connectivity index is 2.35. The van der Waals surface area contributed by atoms with E-state index in [1.54, 1.807) is 0 Å². The van der Waals surface area contributed by atoms with E-state index in [0.29, 0.717) is 18.3 Å². The molecule has 1 aliphatic rings. The van der Waals surface area contributed by atoms with Gasteiger partial charge in [0.1, 0.15) is 6.29 Å². The van der Waals surface area contributed by atoms with E-state index >= 15 is 0 Å². The number of carbonyl (C=O) groups is 1. The van der Waals surface area contributed by atoms with Crippen molar-refractivity contribution in [3.63, 3.8) is 0 Å². The molecule has 0 aliphatic heterocycles. The summed E-state index contributed by atoms with van der Waals surface area (Å²) in [6, 6.07) is 0. The predicted octanol–water partition coefficient (Wildman–Crippen LogP) is 2.57. The van der Waals surface area contributed by atoms with Crippen LogP contribution in [0.2, 0.25) is 0 Å². The fourth-order valence-corrected chi connectivity index (χ4v) is 2.81. The van der Waals surface area contributed by atoms with Gasteiger partial charge in [-0.25, -0.2) is 0 Å². The lowest BCUT2D eigenvalue weighted by Gasteiger charge is -2.14. The second-order valence-electron chi connectivity index (χ2n) is 4.25. The van der Waals surface area contributed by atoms with E-state index in [-0.39, 0.29) is 0 Å². The Morgan fingerprint density at radius 1 is 1.67 bits per heavy atom. The molecule has 82 valence electrons. The molecule has 0 radical (unpaired) electrons. The van der Waals surface area contributed by atoms with Gasteiger partial charge in [0, 0.05) is 19.4 Å². The third-order valence-electron chi connectivity index (χ3n) is 3.08. The van der Waals surface area contributed by atoms with Crippen LogP contribution in [-0.2, 0) is 11.8 Å². The predicted molar refractivity (Wildman–Crippen MR) is 61.8 cm³/mol. The number of aldehydes is 1. The van der Waals surface area contributed by atoms with E-state index in [4.69, 9.17) is 0 Å². The summed E-state index contributed by atoms with van der Waals surface area (Å²) < 4.78 is 2.98. The van der Waals surface area contributed by atoms with Crippen molar-refractivity contribution < 1.29 is 4.79 Å². The van der Waals surface area contributed by atoms with E-state index < -0.39 is 0 Å². The quantitative estimate of drug-likeness (QED) is 0.789. The van der Waals surface area contributed by atoms with Gasteiger partial charge in [-0.3, -0.25) is 4.68 Å². The highest BCUT2D eigenvalue weighted by molar-refractivity contribution is 9.10. The highest BCUT2D eigenvalue weighted by atomic mass is 79.9. The van der Waals surface area contributed by atoms with Gasteiger partial charge in [0.15, 0.2) is 0 Å². The van der Waals surface area contributed by atoms with Crippen molar-refractivity contribution in [2.24, 2.45) is 13.0 Å². The number of hydrogen-bond donors (Lipinski definition) is 0. The minimum absolute atomic E-state index is 0.350. The standard InChI is InChI=1S/C11H15BrN2O/c1-7-10(12)11(14(2)13-7)9(5-6-15)8-3-4-8/h6,8-9H,3-5H2,1-2H3. The highest BCUT2D eigenvalue weighted by Crippen LogP contribution is 2.46. The average molecular weight is 271 g/mol. The number of carbonyl (C=O) groups excluding carboxylic acids is 1. The lowest BCUT2D eigenvalue weighted by molar-refractivity contribution is -0.108. The fraction of sp³-hybridized carbons (Fsp3) is 0.636. The van der Waals surface area contributed by atoms with Gasteiger partial charge in [-0.05, 0) is 41.6 Å². The van der Waals surface area contributed by atoms with Gasteiger partial charge in [-0.15, -0.1) is 0 Å². The smallest absolute Gasteiger partial charge is 0.120 e. The number of hydrogen-bond acceptors (Lipinski definition) is 2. The molecule has 3 nitrogen and oxygen atoms in total. The fourth-order valence-electron chi connectivity index (χ4n) is 2.18. The third kappa shape index (κ3) is 2.00. The maximum atomic E-state index is 10.7. The van der Waals surface area contributed by atoms with Gasteiger partial charge in [-0.1, -0.05) is 0 Å². The minimum atomic E-state index is 0.350. The number of aromatic nitrogens is 2. The zero-order chi connectivity index (χ0) is 11.0. The monoisotopic (exact) mass is 270 g/mol. The SMILES string of the molecule is Cc1nn(C)c(C(CC=O)C2CC2)c1Br. The van der Waals surface area contributed by atoms with Crippen molar-refractivity contribution in [3.8, 4) is 0 Å². The topological polar surface area (TPSA) is 34.9 Å². The van der Waals surface area contributed by atoms with Crippen LogP contribution in [0.25, 0.3) is 0 Å². The van der Waals surface area contributed by atoms with Crippen LogP contribution in [0.5, 0.6) is 0 Å². The maximum Gasteiger partial charge on any atom is 0.120 e. The first-order chi connectivity index (χ1) is 7.15. The second-order valence-corrected chi connectivity index (χ2v) is 5.05. The van der Waals surface area contributed by atoms with Crippen molar-refractivity contribution in [1.29, 1.82) is 0 Å². The minimum Gasteiger partial charge on any atom is -0.303 e.